The van der Waals surface area contributed by atoms with Crippen molar-refractivity contribution < 1.29 is 0 Å². The van der Waals surface area contributed by atoms with Gasteiger partial charge < -0.3 is 0 Å². The van der Waals surface area contributed by atoms with Crippen molar-refractivity contribution in [2.75, 3.05) is 0 Å². The zero-order chi connectivity index (χ0) is 10.1. The molecule has 0 radical (unpaired) electrons. The van der Waals surface area contributed by atoms with E-state index in [2.05, 4.69) is 37.7 Å². The molecule has 1 unspecified atom stereocenters. The number of rotatable bonds is 0. The Hall–Kier alpha value is -0.920. The van der Waals surface area contributed by atoms with Gasteiger partial charge in [0.25, 0.3) is 0 Å². The number of hydrogen-bond acceptors (Lipinski definition) is 2. The Bertz CT molecular complexity index is 279. The van der Waals surface area contributed by atoms with Crippen molar-refractivity contribution in [3.63, 3.8) is 0 Å². The second-order valence-corrected chi connectivity index (χ2v) is 4.84. The van der Waals surface area contributed by atoms with Gasteiger partial charge in [-0.25, -0.2) is 0 Å². The smallest absolute Gasteiger partial charge is 0.0551 e. The van der Waals surface area contributed by atoms with E-state index in [1.165, 1.54) is 0 Å². The van der Waals surface area contributed by atoms with Crippen LogP contribution in [-0.4, -0.2) is 12.4 Å². The molecule has 2 nitrogen and oxygen atoms in total. The molecule has 72 valence electrons. The Labute approximate surface area is 80.5 Å². The van der Waals surface area contributed by atoms with Gasteiger partial charge in [-0.2, -0.15) is 0 Å². The Balaban J connectivity index is 3.03. The minimum atomic E-state index is -0.0543. The lowest BCUT2D eigenvalue weighted by molar-refractivity contribution is 0.284. The first kappa shape index (κ1) is 10.2. The van der Waals surface area contributed by atoms with Crippen molar-refractivity contribution in [1.29, 1.82) is 0 Å². The highest BCUT2D eigenvalue weighted by Gasteiger charge is 2.34. The van der Waals surface area contributed by atoms with Gasteiger partial charge >= 0.3 is 0 Å². The maximum atomic E-state index is 4.35. The minimum Gasteiger partial charge on any atom is -0.266 e. The summed E-state index contributed by atoms with van der Waals surface area (Å²) in [5.41, 5.74) is 1.06. The Morgan fingerprint density at radius 2 is 1.85 bits per heavy atom. The van der Waals surface area contributed by atoms with Gasteiger partial charge in [0, 0.05) is 24.0 Å². The van der Waals surface area contributed by atoms with E-state index in [-0.39, 0.29) is 10.8 Å². The maximum absolute atomic E-state index is 4.35. The van der Waals surface area contributed by atoms with Crippen LogP contribution in [-0.2, 0) is 0 Å². The number of allylic oxidation sites excluding steroid dienone is 1. The molecule has 0 aromatic carbocycles. The lowest BCUT2D eigenvalue weighted by Gasteiger charge is -2.34. The van der Waals surface area contributed by atoms with Crippen LogP contribution in [0.2, 0.25) is 0 Å². The quantitative estimate of drug-likeness (QED) is 0.544. The van der Waals surface area contributed by atoms with E-state index in [0.717, 1.165) is 5.70 Å². The van der Waals surface area contributed by atoms with E-state index in [1.807, 2.05) is 19.4 Å². The molecule has 1 aliphatic heterocycles. The predicted molar refractivity (Wildman–Crippen MR) is 58.3 cm³/mol. The Morgan fingerprint density at radius 3 is 2.38 bits per heavy atom. The first-order chi connectivity index (χ1) is 5.85. The fraction of sp³-hybridized carbons (Fsp3) is 0.636. The third kappa shape index (κ3) is 2.06. The summed E-state index contributed by atoms with van der Waals surface area (Å²) in [7, 11) is 0. The molecule has 1 atom stereocenters. The maximum Gasteiger partial charge on any atom is 0.0551 e. The van der Waals surface area contributed by atoms with Crippen LogP contribution >= 0.6 is 0 Å². The molecule has 1 rings (SSSR count). The summed E-state index contributed by atoms with van der Waals surface area (Å²) < 4.78 is 0. The summed E-state index contributed by atoms with van der Waals surface area (Å²) >= 11 is 0. The van der Waals surface area contributed by atoms with E-state index in [9.17, 15) is 0 Å². The zero-order valence-corrected chi connectivity index (χ0v) is 9.13. The van der Waals surface area contributed by atoms with Gasteiger partial charge in [0.1, 0.15) is 0 Å². The molecule has 2 heteroatoms. The lowest BCUT2D eigenvalue weighted by Crippen LogP contribution is -2.35. The molecule has 13 heavy (non-hydrogen) atoms. The second kappa shape index (κ2) is 3.09. The summed E-state index contributed by atoms with van der Waals surface area (Å²) in [4.78, 5) is 8.61. The number of hydrogen-bond donors (Lipinski definition) is 0. The van der Waals surface area contributed by atoms with Gasteiger partial charge in [0.2, 0.25) is 0 Å². The van der Waals surface area contributed by atoms with Gasteiger partial charge in [-0.3, -0.25) is 9.98 Å². The Morgan fingerprint density at radius 1 is 1.23 bits per heavy atom. The molecule has 0 N–H and O–H groups in total. The molecule has 0 aromatic rings. The average molecular weight is 178 g/mol. The van der Waals surface area contributed by atoms with Crippen molar-refractivity contribution in [2.24, 2.45) is 20.8 Å². The fourth-order valence-electron chi connectivity index (χ4n) is 0.990. The van der Waals surface area contributed by atoms with Crippen molar-refractivity contribution in [3.8, 4) is 0 Å². The van der Waals surface area contributed by atoms with E-state index in [1.54, 1.807) is 6.20 Å². The molecule has 0 saturated heterocycles. The van der Waals surface area contributed by atoms with Gasteiger partial charge in [-0.05, 0) is 19.3 Å². The van der Waals surface area contributed by atoms with Crippen molar-refractivity contribution in [3.05, 3.63) is 11.9 Å². The molecule has 1 heterocycles. The molecule has 0 aliphatic carbocycles. The first-order valence-corrected chi connectivity index (χ1v) is 4.61. The molecular weight excluding hydrogens is 160 g/mol. The van der Waals surface area contributed by atoms with E-state index in [0.29, 0.717) is 0 Å². The minimum absolute atomic E-state index is 0.0543. The van der Waals surface area contributed by atoms with Crippen LogP contribution in [0.5, 0.6) is 0 Å². The van der Waals surface area contributed by atoms with Gasteiger partial charge in [-0.1, -0.05) is 20.8 Å². The van der Waals surface area contributed by atoms with E-state index < -0.39 is 0 Å². The topological polar surface area (TPSA) is 24.7 Å². The Kier molecular flexibility index (Phi) is 2.42. The highest BCUT2D eigenvalue weighted by Crippen LogP contribution is 2.36. The van der Waals surface area contributed by atoms with Crippen LogP contribution in [0.4, 0.5) is 0 Å². The highest BCUT2D eigenvalue weighted by atomic mass is 14.8. The molecule has 0 fully saturated rings. The van der Waals surface area contributed by atoms with Crippen LogP contribution < -0.4 is 0 Å². The molecule has 0 spiro atoms. The SMILES string of the molecule is CC1=CN=CC(C)(C(C)(C)C)C=N1. The third-order valence-corrected chi connectivity index (χ3v) is 2.76. The standard InChI is InChI=1S/C11H18N2/c1-9-6-12-7-11(5,8-13-9)10(2,3)4/h6-8H,1-5H3. The number of aliphatic imine (C=N–C) groups is 2. The summed E-state index contributed by atoms with van der Waals surface area (Å²) in [6.07, 6.45) is 5.77. The summed E-state index contributed by atoms with van der Waals surface area (Å²) in [5, 5.41) is 0. The summed E-state index contributed by atoms with van der Waals surface area (Å²) in [5.74, 6) is 0. The van der Waals surface area contributed by atoms with E-state index >= 15 is 0 Å². The average Bonchev–Trinajstić information content (AvgIpc) is 2.13. The van der Waals surface area contributed by atoms with Crippen molar-refractivity contribution in [2.45, 2.75) is 34.6 Å². The lowest BCUT2D eigenvalue weighted by atomic mass is 9.69. The van der Waals surface area contributed by atoms with Crippen molar-refractivity contribution >= 4 is 12.4 Å². The zero-order valence-electron chi connectivity index (χ0n) is 9.13. The van der Waals surface area contributed by atoms with Gasteiger partial charge in [0.05, 0.1) is 5.70 Å². The molecule has 0 bridgehead atoms. The van der Waals surface area contributed by atoms with Crippen LogP contribution in [0.3, 0.4) is 0 Å². The monoisotopic (exact) mass is 178 g/mol. The normalized spacial score (nSPS) is 28.5. The summed E-state index contributed by atoms with van der Waals surface area (Å²) in [6.45, 7) is 10.7. The first-order valence-electron chi connectivity index (χ1n) is 4.61. The van der Waals surface area contributed by atoms with Crippen LogP contribution in [0.1, 0.15) is 34.6 Å². The predicted octanol–water partition coefficient (Wildman–Crippen LogP) is 3.06. The molecule has 0 saturated carbocycles. The molecule has 1 aliphatic rings. The number of nitrogens with zero attached hydrogens (tertiary/aromatic N) is 2. The molecule has 0 aromatic heterocycles. The third-order valence-electron chi connectivity index (χ3n) is 2.76. The van der Waals surface area contributed by atoms with Crippen LogP contribution in [0, 0.1) is 10.8 Å². The van der Waals surface area contributed by atoms with E-state index in [4.69, 9.17) is 0 Å². The second-order valence-electron chi connectivity index (χ2n) is 4.84. The van der Waals surface area contributed by atoms with Gasteiger partial charge in [-0.15, -0.1) is 0 Å². The molecular formula is C11H18N2. The van der Waals surface area contributed by atoms with Crippen LogP contribution in [0.15, 0.2) is 21.9 Å². The van der Waals surface area contributed by atoms with Crippen molar-refractivity contribution in [1.82, 2.24) is 0 Å². The fourth-order valence-corrected chi connectivity index (χ4v) is 0.990. The summed E-state index contributed by atoms with van der Waals surface area (Å²) in [6, 6.07) is 0. The van der Waals surface area contributed by atoms with Gasteiger partial charge in [0.15, 0.2) is 0 Å². The van der Waals surface area contributed by atoms with Crippen LogP contribution in [0.25, 0.3) is 0 Å². The molecule has 0 amide bonds. The highest BCUT2D eigenvalue weighted by molar-refractivity contribution is 5.91. The largest absolute Gasteiger partial charge is 0.266 e.